The van der Waals surface area contributed by atoms with Gasteiger partial charge in [0, 0.05) is 35.0 Å². The molecule has 0 aliphatic rings. The zero-order valence-electron chi connectivity index (χ0n) is 10.6. The third-order valence-electron chi connectivity index (χ3n) is 3.17. The van der Waals surface area contributed by atoms with E-state index >= 15 is 0 Å². The molecule has 2 aromatic heterocycles. The van der Waals surface area contributed by atoms with Gasteiger partial charge in [0.25, 0.3) is 0 Å². The molecule has 1 amide bonds. The number of hydrogen-bond donors (Lipinski definition) is 2. The molecule has 2 heterocycles. The number of pyridine rings is 1. The van der Waals surface area contributed by atoms with Gasteiger partial charge in [-0.15, -0.1) is 0 Å². The summed E-state index contributed by atoms with van der Waals surface area (Å²) in [5, 5.41) is 12.3. The number of H-pyrrole nitrogens is 1. The minimum absolute atomic E-state index is 0.226. The summed E-state index contributed by atoms with van der Waals surface area (Å²) in [5.41, 5.74) is 2.63. The molecule has 1 aromatic carbocycles. The minimum atomic E-state index is -0.470. The van der Waals surface area contributed by atoms with E-state index in [4.69, 9.17) is 0 Å². The van der Waals surface area contributed by atoms with Crippen LogP contribution in [0, 0.1) is 6.92 Å². The highest BCUT2D eigenvalue weighted by atomic mass is 16.5. The van der Waals surface area contributed by atoms with Crippen LogP contribution in [0.15, 0.2) is 30.3 Å². The van der Waals surface area contributed by atoms with Gasteiger partial charge in [0.05, 0.1) is 5.52 Å². The predicted molar refractivity (Wildman–Crippen MR) is 73.3 cm³/mol. The molecule has 0 radical (unpaired) electrons. The number of carbonyl (C=O) groups excluding carboxylic acids is 1. The van der Waals surface area contributed by atoms with Gasteiger partial charge in [-0.05, 0) is 13.0 Å². The lowest BCUT2D eigenvalue weighted by molar-refractivity contribution is -0.121. The van der Waals surface area contributed by atoms with Crippen molar-refractivity contribution in [1.29, 1.82) is 0 Å². The van der Waals surface area contributed by atoms with E-state index in [-0.39, 0.29) is 5.82 Å². The molecule has 5 heteroatoms. The first kappa shape index (κ1) is 11.7. The zero-order valence-corrected chi connectivity index (χ0v) is 10.6. The Morgan fingerprint density at radius 1 is 1.32 bits per heavy atom. The summed E-state index contributed by atoms with van der Waals surface area (Å²) < 4.78 is 0. The van der Waals surface area contributed by atoms with E-state index in [1.54, 1.807) is 6.07 Å². The van der Waals surface area contributed by atoms with E-state index in [1.165, 1.54) is 6.92 Å². The van der Waals surface area contributed by atoms with E-state index in [2.05, 4.69) is 9.97 Å². The number of nitrogens with zero attached hydrogens (tertiary/aromatic N) is 2. The Balaban J connectivity index is 2.32. The number of anilines is 1. The van der Waals surface area contributed by atoms with Crippen LogP contribution >= 0.6 is 0 Å². The number of nitrogens with one attached hydrogen (secondary N) is 1. The monoisotopic (exact) mass is 255 g/mol. The highest BCUT2D eigenvalue weighted by Crippen LogP contribution is 2.29. The number of amides is 1. The van der Waals surface area contributed by atoms with Gasteiger partial charge in [-0.25, -0.2) is 4.98 Å². The van der Waals surface area contributed by atoms with Crippen molar-refractivity contribution in [2.24, 2.45) is 0 Å². The number of aromatic amines is 1. The van der Waals surface area contributed by atoms with Crippen molar-refractivity contribution in [3.8, 4) is 0 Å². The zero-order chi connectivity index (χ0) is 13.6. The molecule has 0 atom stereocenters. The van der Waals surface area contributed by atoms with Crippen molar-refractivity contribution in [2.45, 2.75) is 13.8 Å². The fourth-order valence-corrected chi connectivity index (χ4v) is 2.32. The number of carbonyl (C=O) groups is 1. The third kappa shape index (κ3) is 1.75. The van der Waals surface area contributed by atoms with Gasteiger partial charge < -0.3 is 4.98 Å². The number of fused-ring (bicyclic) bond motifs is 3. The Hall–Kier alpha value is -2.40. The maximum Gasteiger partial charge on any atom is 0.249 e. The lowest BCUT2D eigenvalue weighted by Gasteiger charge is -2.12. The molecule has 0 aliphatic heterocycles. The molecule has 0 bridgehead atoms. The summed E-state index contributed by atoms with van der Waals surface area (Å²) in [6.45, 7) is 3.15. The van der Waals surface area contributed by atoms with Crippen LogP contribution in [0.1, 0.15) is 12.6 Å². The molecule has 0 aliphatic carbocycles. The molecular weight excluding hydrogens is 242 g/mol. The highest BCUT2D eigenvalue weighted by molar-refractivity contribution is 6.09. The molecule has 0 fully saturated rings. The van der Waals surface area contributed by atoms with Crippen molar-refractivity contribution in [2.75, 3.05) is 5.06 Å². The van der Waals surface area contributed by atoms with Crippen LogP contribution in [0.3, 0.4) is 0 Å². The summed E-state index contributed by atoms with van der Waals surface area (Å²) in [5.74, 6) is -0.244. The molecule has 3 rings (SSSR count). The SMILES string of the molecule is CC(=O)N(O)c1cc2[nH]c3ccccc3c2c(C)n1. The number of hydroxylamine groups is 1. The molecule has 96 valence electrons. The Kier molecular flexibility index (Phi) is 2.50. The standard InChI is InChI=1S/C14H13N3O2/c1-8-14-10-5-3-4-6-11(10)16-12(14)7-13(15-8)17(19)9(2)18/h3-7,16,19H,1-2H3. The Bertz CT molecular complexity index is 792. The Labute approximate surface area is 109 Å². The molecule has 3 aromatic rings. The van der Waals surface area contributed by atoms with Crippen molar-refractivity contribution < 1.29 is 10.0 Å². The summed E-state index contributed by atoms with van der Waals surface area (Å²) in [7, 11) is 0. The smallest absolute Gasteiger partial charge is 0.249 e. The van der Waals surface area contributed by atoms with E-state index < -0.39 is 5.91 Å². The van der Waals surface area contributed by atoms with Crippen molar-refractivity contribution in [3.05, 3.63) is 36.0 Å². The van der Waals surface area contributed by atoms with Gasteiger partial charge >= 0.3 is 0 Å². The van der Waals surface area contributed by atoms with Crippen molar-refractivity contribution in [1.82, 2.24) is 9.97 Å². The number of rotatable bonds is 1. The van der Waals surface area contributed by atoms with Crippen LogP contribution in [0.5, 0.6) is 0 Å². The molecule has 5 nitrogen and oxygen atoms in total. The van der Waals surface area contributed by atoms with Gasteiger partial charge in [0.2, 0.25) is 5.91 Å². The first-order chi connectivity index (χ1) is 9.08. The van der Waals surface area contributed by atoms with Gasteiger partial charge in [-0.2, -0.15) is 5.06 Å². The van der Waals surface area contributed by atoms with Crippen molar-refractivity contribution >= 4 is 33.5 Å². The van der Waals surface area contributed by atoms with Gasteiger partial charge in [-0.3, -0.25) is 10.0 Å². The Morgan fingerprint density at radius 2 is 2.05 bits per heavy atom. The average molecular weight is 255 g/mol. The van der Waals surface area contributed by atoms with Crippen LogP contribution in [0.2, 0.25) is 0 Å². The maximum absolute atomic E-state index is 11.2. The van der Waals surface area contributed by atoms with Crippen LogP contribution in [-0.2, 0) is 4.79 Å². The van der Waals surface area contributed by atoms with Gasteiger partial charge in [-0.1, -0.05) is 18.2 Å². The fourth-order valence-electron chi connectivity index (χ4n) is 2.32. The predicted octanol–water partition coefficient (Wildman–Crippen LogP) is 2.77. The number of benzene rings is 1. The second-order valence-corrected chi connectivity index (χ2v) is 4.49. The van der Waals surface area contributed by atoms with Gasteiger partial charge in [0.15, 0.2) is 5.82 Å². The van der Waals surface area contributed by atoms with Crippen LogP contribution in [-0.4, -0.2) is 21.1 Å². The number of para-hydroxylation sites is 1. The average Bonchev–Trinajstić information content (AvgIpc) is 2.76. The van der Waals surface area contributed by atoms with Gasteiger partial charge in [0.1, 0.15) is 0 Å². The normalized spacial score (nSPS) is 11.1. The fraction of sp³-hybridized carbons (Fsp3) is 0.143. The second-order valence-electron chi connectivity index (χ2n) is 4.49. The number of aromatic nitrogens is 2. The molecule has 2 N–H and O–H groups in total. The van der Waals surface area contributed by atoms with Crippen molar-refractivity contribution in [3.63, 3.8) is 0 Å². The second kappa shape index (κ2) is 4.07. The highest BCUT2D eigenvalue weighted by Gasteiger charge is 2.14. The minimum Gasteiger partial charge on any atom is -0.354 e. The lowest BCUT2D eigenvalue weighted by atomic mass is 10.1. The Morgan fingerprint density at radius 3 is 2.79 bits per heavy atom. The van der Waals surface area contributed by atoms with E-state index in [0.29, 0.717) is 5.06 Å². The first-order valence-electron chi connectivity index (χ1n) is 5.95. The maximum atomic E-state index is 11.2. The topological polar surface area (TPSA) is 69.2 Å². The molecular formula is C14H13N3O2. The summed E-state index contributed by atoms with van der Waals surface area (Å²) in [4.78, 5) is 18.7. The largest absolute Gasteiger partial charge is 0.354 e. The number of hydrogen-bond acceptors (Lipinski definition) is 3. The first-order valence-corrected chi connectivity index (χ1v) is 5.95. The lowest BCUT2D eigenvalue weighted by Crippen LogP contribution is -2.24. The van der Waals surface area contributed by atoms with Crippen LogP contribution in [0.25, 0.3) is 21.8 Å². The molecule has 19 heavy (non-hydrogen) atoms. The molecule has 0 saturated heterocycles. The summed E-state index contributed by atoms with van der Waals surface area (Å²) in [6.07, 6.45) is 0. The molecule has 0 spiro atoms. The quantitative estimate of drug-likeness (QED) is 0.519. The van der Waals surface area contributed by atoms with E-state index in [9.17, 15) is 10.0 Å². The summed E-state index contributed by atoms with van der Waals surface area (Å²) >= 11 is 0. The molecule has 0 unspecified atom stereocenters. The van der Waals surface area contributed by atoms with E-state index in [1.807, 2.05) is 31.2 Å². The summed E-state index contributed by atoms with van der Waals surface area (Å²) in [6, 6.07) is 9.59. The van der Waals surface area contributed by atoms with Crippen LogP contribution < -0.4 is 5.06 Å². The molecule has 0 saturated carbocycles. The van der Waals surface area contributed by atoms with Crippen LogP contribution in [0.4, 0.5) is 5.82 Å². The van der Waals surface area contributed by atoms with E-state index in [0.717, 1.165) is 27.5 Å². The third-order valence-corrected chi connectivity index (χ3v) is 3.17. The number of aryl methyl sites for hydroxylation is 1.